The van der Waals surface area contributed by atoms with Gasteiger partial charge >= 0.3 is 0 Å². The van der Waals surface area contributed by atoms with E-state index >= 15 is 0 Å². The molecular weight excluding hydrogens is 362 g/mol. The number of hydrogen-bond acceptors (Lipinski definition) is 4. The molecule has 0 aliphatic carbocycles. The summed E-state index contributed by atoms with van der Waals surface area (Å²) < 4.78 is 5.77. The summed E-state index contributed by atoms with van der Waals surface area (Å²) in [6.07, 6.45) is 0. The first-order valence-corrected chi connectivity index (χ1v) is 10.5. The number of ether oxygens (including phenoxy) is 1. The minimum Gasteiger partial charge on any atom is -0.492 e. The lowest BCUT2D eigenvalue weighted by atomic mass is 10.1. The van der Waals surface area contributed by atoms with Crippen LogP contribution in [0, 0.1) is 13.8 Å². The third kappa shape index (κ3) is 5.51. The first kappa shape index (κ1) is 21.2. The smallest absolute Gasteiger partial charge is 0.236 e. The number of amides is 1. The molecule has 1 heterocycles. The summed E-state index contributed by atoms with van der Waals surface area (Å²) in [6, 6.07) is 14.6. The van der Waals surface area contributed by atoms with E-state index in [-0.39, 0.29) is 5.91 Å². The van der Waals surface area contributed by atoms with E-state index in [1.165, 1.54) is 16.7 Å². The zero-order valence-electron chi connectivity index (χ0n) is 18.1. The van der Waals surface area contributed by atoms with E-state index in [9.17, 15) is 4.79 Å². The van der Waals surface area contributed by atoms with Gasteiger partial charge in [0, 0.05) is 39.8 Å². The number of piperazine rings is 1. The molecule has 29 heavy (non-hydrogen) atoms. The predicted octanol–water partition coefficient (Wildman–Crippen LogP) is 3.48. The highest BCUT2D eigenvalue weighted by atomic mass is 16.5. The largest absolute Gasteiger partial charge is 0.492 e. The average molecular weight is 396 g/mol. The Morgan fingerprint density at radius 1 is 1.07 bits per heavy atom. The van der Waals surface area contributed by atoms with Crippen LogP contribution in [-0.4, -0.2) is 62.1 Å². The molecule has 1 fully saturated rings. The van der Waals surface area contributed by atoms with Crippen LogP contribution in [0.3, 0.4) is 0 Å². The molecule has 3 rings (SSSR count). The molecule has 1 aliphatic rings. The fourth-order valence-corrected chi connectivity index (χ4v) is 3.82. The van der Waals surface area contributed by atoms with E-state index in [4.69, 9.17) is 4.74 Å². The summed E-state index contributed by atoms with van der Waals surface area (Å²) in [4.78, 5) is 19.2. The fourth-order valence-electron chi connectivity index (χ4n) is 3.82. The number of anilines is 1. The van der Waals surface area contributed by atoms with Gasteiger partial charge < -0.3 is 14.5 Å². The van der Waals surface area contributed by atoms with Gasteiger partial charge in [-0.15, -0.1) is 0 Å². The van der Waals surface area contributed by atoms with Crippen molar-refractivity contribution >= 4 is 11.6 Å². The van der Waals surface area contributed by atoms with Gasteiger partial charge in [-0.25, -0.2) is 0 Å². The molecule has 0 N–H and O–H groups in total. The van der Waals surface area contributed by atoms with Crippen LogP contribution in [0.1, 0.15) is 23.6 Å². The van der Waals surface area contributed by atoms with E-state index in [0.717, 1.165) is 37.6 Å². The van der Waals surface area contributed by atoms with Crippen molar-refractivity contribution < 1.29 is 9.53 Å². The second-order valence-corrected chi connectivity index (χ2v) is 7.84. The second kappa shape index (κ2) is 9.79. The van der Waals surface area contributed by atoms with Gasteiger partial charge in [0.15, 0.2) is 0 Å². The Labute approximate surface area is 174 Å². The Hall–Kier alpha value is -2.53. The van der Waals surface area contributed by atoms with E-state index in [1.807, 2.05) is 31.0 Å². The van der Waals surface area contributed by atoms with Crippen molar-refractivity contribution in [3.8, 4) is 5.75 Å². The van der Waals surface area contributed by atoms with Gasteiger partial charge in [0.2, 0.25) is 5.91 Å². The average Bonchev–Trinajstić information content (AvgIpc) is 2.71. The lowest BCUT2D eigenvalue weighted by Gasteiger charge is -2.37. The number of aryl methyl sites for hydroxylation is 2. The Morgan fingerprint density at radius 3 is 2.48 bits per heavy atom. The van der Waals surface area contributed by atoms with Crippen LogP contribution in [0.2, 0.25) is 0 Å². The van der Waals surface area contributed by atoms with Gasteiger partial charge in [-0.1, -0.05) is 35.9 Å². The van der Waals surface area contributed by atoms with Crippen molar-refractivity contribution in [1.29, 1.82) is 0 Å². The normalized spacial score (nSPS) is 14.7. The molecule has 2 aromatic rings. The number of carbonyl (C=O) groups excluding carboxylic acids is 1. The van der Waals surface area contributed by atoms with Gasteiger partial charge in [0.05, 0.1) is 18.8 Å². The zero-order valence-corrected chi connectivity index (χ0v) is 18.1. The number of carbonyl (C=O) groups is 1. The van der Waals surface area contributed by atoms with Gasteiger partial charge in [0.1, 0.15) is 5.75 Å². The third-order valence-electron chi connectivity index (χ3n) is 5.57. The Morgan fingerprint density at radius 2 is 1.79 bits per heavy atom. The molecule has 0 aromatic heterocycles. The Bertz CT molecular complexity index is 829. The molecule has 0 radical (unpaired) electrons. The number of para-hydroxylation sites is 2. The molecular formula is C24H33N3O2. The Balaban J connectivity index is 1.52. The first-order chi connectivity index (χ1) is 14.0. The maximum atomic E-state index is 12.7. The van der Waals surface area contributed by atoms with Crippen LogP contribution >= 0.6 is 0 Å². The molecule has 0 bridgehead atoms. The summed E-state index contributed by atoms with van der Waals surface area (Å²) in [5.41, 5.74) is 4.85. The molecule has 5 nitrogen and oxygen atoms in total. The van der Waals surface area contributed by atoms with Crippen molar-refractivity contribution in [1.82, 2.24) is 9.80 Å². The first-order valence-electron chi connectivity index (χ1n) is 10.5. The number of nitrogens with zero attached hydrogens (tertiary/aromatic N) is 3. The molecule has 0 atom stereocenters. The van der Waals surface area contributed by atoms with Crippen LogP contribution in [0.4, 0.5) is 5.69 Å². The van der Waals surface area contributed by atoms with Crippen molar-refractivity contribution in [2.24, 2.45) is 0 Å². The number of likely N-dealkylation sites (N-methyl/N-ethyl adjacent to an activating group) is 1. The summed E-state index contributed by atoms with van der Waals surface area (Å²) in [6.45, 7) is 11.6. The number of benzene rings is 2. The molecule has 1 saturated heterocycles. The van der Waals surface area contributed by atoms with Crippen LogP contribution in [0.5, 0.6) is 5.75 Å². The number of rotatable bonds is 7. The zero-order chi connectivity index (χ0) is 20.8. The fraction of sp³-hybridized carbons (Fsp3) is 0.458. The van der Waals surface area contributed by atoms with Crippen molar-refractivity contribution in [2.75, 3.05) is 51.3 Å². The van der Waals surface area contributed by atoms with E-state index in [2.05, 4.69) is 54.0 Å². The standard InChI is InChI=1S/C24H33N3O2/c1-5-29-23-9-7-6-8-22(23)27-14-12-26(13-15-27)18-24(28)25(4)17-21-11-10-19(2)16-20(21)3/h6-11,16H,5,12-15,17-18H2,1-4H3. The molecule has 0 saturated carbocycles. The predicted molar refractivity (Wildman–Crippen MR) is 119 cm³/mol. The molecule has 1 amide bonds. The molecule has 0 unspecified atom stereocenters. The SMILES string of the molecule is CCOc1ccccc1N1CCN(CC(=O)N(C)Cc2ccc(C)cc2C)CC1. The highest BCUT2D eigenvalue weighted by Gasteiger charge is 2.22. The molecule has 1 aliphatic heterocycles. The summed E-state index contributed by atoms with van der Waals surface area (Å²) in [5.74, 6) is 1.11. The van der Waals surface area contributed by atoms with Crippen LogP contribution < -0.4 is 9.64 Å². The van der Waals surface area contributed by atoms with E-state index in [1.54, 1.807) is 0 Å². The molecule has 156 valence electrons. The third-order valence-corrected chi connectivity index (χ3v) is 5.57. The number of hydrogen-bond donors (Lipinski definition) is 0. The van der Waals surface area contributed by atoms with E-state index in [0.29, 0.717) is 19.7 Å². The summed E-state index contributed by atoms with van der Waals surface area (Å²) in [5, 5.41) is 0. The minimum atomic E-state index is 0.174. The van der Waals surface area contributed by atoms with Gasteiger partial charge in [-0.2, -0.15) is 0 Å². The molecule has 5 heteroatoms. The van der Waals surface area contributed by atoms with Crippen molar-refractivity contribution in [3.63, 3.8) is 0 Å². The summed E-state index contributed by atoms with van der Waals surface area (Å²) >= 11 is 0. The van der Waals surface area contributed by atoms with Gasteiger partial charge in [-0.3, -0.25) is 9.69 Å². The van der Waals surface area contributed by atoms with Gasteiger partial charge in [0.25, 0.3) is 0 Å². The maximum Gasteiger partial charge on any atom is 0.236 e. The van der Waals surface area contributed by atoms with Gasteiger partial charge in [-0.05, 0) is 44.0 Å². The van der Waals surface area contributed by atoms with Crippen molar-refractivity contribution in [3.05, 3.63) is 59.2 Å². The second-order valence-electron chi connectivity index (χ2n) is 7.84. The van der Waals surface area contributed by atoms with Crippen molar-refractivity contribution in [2.45, 2.75) is 27.3 Å². The molecule has 2 aromatic carbocycles. The van der Waals surface area contributed by atoms with Crippen LogP contribution in [-0.2, 0) is 11.3 Å². The lowest BCUT2D eigenvalue weighted by molar-refractivity contribution is -0.131. The van der Waals surface area contributed by atoms with Crippen LogP contribution in [0.25, 0.3) is 0 Å². The highest BCUT2D eigenvalue weighted by Crippen LogP contribution is 2.28. The topological polar surface area (TPSA) is 36.0 Å². The quantitative estimate of drug-likeness (QED) is 0.719. The molecule has 0 spiro atoms. The lowest BCUT2D eigenvalue weighted by Crippen LogP contribution is -2.49. The van der Waals surface area contributed by atoms with E-state index < -0.39 is 0 Å². The van der Waals surface area contributed by atoms with Crippen LogP contribution in [0.15, 0.2) is 42.5 Å². The summed E-state index contributed by atoms with van der Waals surface area (Å²) in [7, 11) is 1.90. The maximum absolute atomic E-state index is 12.7. The highest BCUT2D eigenvalue weighted by molar-refractivity contribution is 5.78. The minimum absolute atomic E-state index is 0.174. The Kier molecular flexibility index (Phi) is 7.15. The monoisotopic (exact) mass is 395 g/mol.